The molecule has 0 saturated heterocycles. The van der Waals surface area contributed by atoms with Gasteiger partial charge in [-0.1, -0.05) is 66.2 Å². The minimum atomic E-state index is 0.509. The van der Waals surface area contributed by atoms with Gasteiger partial charge in [0.05, 0.1) is 0 Å². The predicted molar refractivity (Wildman–Crippen MR) is 81.4 cm³/mol. The van der Waals surface area contributed by atoms with Crippen LogP contribution in [0.2, 0.25) is 0 Å². The Bertz CT molecular complexity index is 556. The Kier molecular flexibility index (Phi) is 4.12. The van der Waals surface area contributed by atoms with Crippen molar-refractivity contribution in [3.8, 4) is 11.1 Å². The minimum absolute atomic E-state index is 0.509. The lowest BCUT2D eigenvalue weighted by atomic mass is 9.87. The predicted octanol–water partition coefficient (Wildman–Crippen LogP) is 4.53. The van der Waals surface area contributed by atoms with E-state index >= 15 is 0 Å². The van der Waals surface area contributed by atoms with Crippen LogP contribution in [0.4, 0.5) is 0 Å². The smallest absolute Gasteiger partial charge is 0.142 e. The summed E-state index contributed by atoms with van der Waals surface area (Å²) in [7, 11) is 0. The Balaban J connectivity index is 1.54. The fourth-order valence-electron chi connectivity index (χ4n) is 2.18. The van der Waals surface area contributed by atoms with Gasteiger partial charge in [0.1, 0.15) is 12.8 Å². The second-order valence-corrected chi connectivity index (χ2v) is 5.18. The number of hydrogen-bond acceptors (Lipinski definition) is 2. The van der Waals surface area contributed by atoms with E-state index in [1.54, 1.807) is 0 Å². The molecule has 0 spiro atoms. The second kappa shape index (κ2) is 6.38. The highest BCUT2D eigenvalue weighted by Crippen LogP contribution is 2.24. The van der Waals surface area contributed by atoms with Crippen molar-refractivity contribution in [2.75, 3.05) is 0 Å². The van der Waals surface area contributed by atoms with Crippen molar-refractivity contribution in [2.45, 2.75) is 25.9 Å². The molecule has 0 amide bonds. The zero-order valence-corrected chi connectivity index (χ0v) is 11.5. The first-order valence-corrected chi connectivity index (χ1v) is 7.14. The highest BCUT2D eigenvalue weighted by atomic mass is 16.6. The molecular weight excluding hydrogens is 246 g/mol. The number of hydrogen-bond donors (Lipinski definition) is 0. The molecule has 0 aromatic heterocycles. The van der Waals surface area contributed by atoms with Crippen LogP contribution in [0.25, 0.3) is 11.1 Å². The summed E-state index contributed by atoms with van der Waals surface area (Å²) in [5, 5.41) is 3.92. The minimum Gasteiger partial charge on any atom is -0.391 e. The second-order valence-electron chi connectivity index (χ2n) is 5.18. The lowest BCUT2D eigenvalue weighted by molar-refractivity contribution is 0.129. The molecule has 20 heavy (non-hydrogen) atoms. The third-order valence-electron chi connectivity index (χ3n) is 3.70. The van der Waals surface area contributed by atoms with Crippen molar-refractivity contribution >= 4 is 6.21 Å². The van der Waals surface area contributed by atoms with Crippen LogP contribution >= 0.6 is 0 Å². The highest BCUT2D eigenvalue weighted by molar-refractivity contribution is 5.63. The Morgan fingerprint density at radius 1 is 0.950 bits per heavy atom. The molecule has 0 N–H and O–H groups in total. The Morgan fingerprint density at radius 2 is 1.65 bits per heavy atom. The summed E-state index contributed by atoms with van der Waals surface area (Å²) in [4.78, 5) is 5.29. The zero-order valence-electron chi connectivity index (χ0n) is 11.5. The normalized spacial score (nSPS) is 15.2. The van der Waals surface area contributed by atoms with E-state index in [0.717, 1.165) is 5.56 Å². The van der Waals surface area contributed by atoms with Gasteiger partial charge in [0, 0.05) is 5.92 Å². The molecule has 1 aliphatic rings. The molecule has 1 radical (unpaired) electrons. The van der Waals surface area contributed by atoms with Crippen LogP contribution in [-0.4, -0.2) is 6.21 Å². The summed E-state index contributed by atoms with van der Waals surface area (Å²) < 4.78 is 0. The average Bonchev–Trinajstić information content (AvgIpc) is 2.47. The van der Waals surface area contributed by atoms with E-state index in [2.05, 4.69) is 59.9 Å². The lowest BCUT2D eigenvalue weighted by Gasteiger charge is -2.18. The molecule has 101 valence electrons. The quantitative estimate of drug-likeness (QED) is 0.574. The average molecular weight is 264 g/mol. The van der Waals surface area contributed by atoms with Crippen LogP contribution in [0.3, 0.4) is 0 Å². The molecule has 0 atom stereocenters. The van der Waals surface area contributed by atoms with Crippen molar-refractivity contribution in [2.24, 2.45) is 11.1 Å². The maximum absolute atomic E-state index is 5.29. The van der Waals surface area contributed by atoms with Crippen LogP contribution in [-0.2, 0) is 11.4 Å². The van der Waals surface area contributed by atoms with E-state index in [1.807, 2.05) is 6.07 Å². The van der Waals surface area contributed by atoms with Gasteiger partial charge in [-0.2, -0.15) is 0 Å². The standard InChI is InChI=1S/C18H18NO/c1-2-7-17(8-3-1)18-11-9-16(10-12-18)14-20-19-13-15-5-4-6-15/h1-3,7-12,15H,4-6,14H2. The van der Waals surface area contributed by atoms with E-state index in [0.29, 0.717) is 12.5 Å². The Hall–Kier alpha value is -2.09. The van der Waals surface area contributed by atoms with Crippen molar-refractivity contribution in [1.29, 1.82) is 0 Å². The molecule has 0 heterocycles. The summed E-state index contributed by atoms with van der Waals surface area (Å²) in [6, 6.07) is 18.8. The van der Waals surface area contributed by atoms with Gasteiger partial charge in [-0.3, -0.25) is 0 Å². The molecule has 0 unspecified atom stereocenters. The molecule has 0 aliphatic heterocycles. The largest absolute Gasteiger partial charge is 0.391 e. The van der Waals surface area contributed by atoms with Gasteiger partial charge in [-0.25, -0.2) is 0 Å². The fourth-order valence-corrected chi connectivity index (χ4v) is 2.18. The summed E-state index contributed by atoms with van der Waals surface area (Å²) >= 11 is 0. The van der Waals surface area contributed by atoms with E-state index in [-0.39, 0.29) is 0 Å². The van der Waals surface area contributed by atoms with Crippen molar-refractivity contribution in [3.63, 3.8) is 0 Å². The van der Waals surface area contributed by atoms with Gasteiger partial charge in [0.25, 0.3) is 0 Å². The molecule has 1 fully saturated rings. The summed E-state index contributed by atoms with van der Waals surface area (Å²) in [6.45, 7) is 0.509. The van der Waals surface area contributed by atoms with Crippen LogP contribution in [0.5, 0.6) is 0 Å². The first-order valence-electron chi connectivity index (χ1n) is 7.14. The molecule has 2 aromatic rings. The molecule has 0 bridgehead atoms. The van der Waals surface area contributed by atoms with Gasteiger partial charge in [0.2, 0.25) is 0 Å². The lowest BCUT2D eigenvalue weighted by Crippen LogP contribution is -2.11. The van der Waals surface area contributed by atoms with Crippen LogP contribution in [0.15, 0.2) is 59.8 Å². The van der Waals surface area contributed by atoms with Crippen molar-refractivity contribution < 1.29 is 4.84 Å². The molecule has 2 aromatic carbocycles. The number of rotatable bonds is 5. The van der Waals surface area contributed by atoms with Gasteiger partial charge in [-0.15, -0.1) is 0 Å². The van der Waals surface area contributed by atoms with E-state index in [4.69, 9.17) is 4.84 Å². The summed E-state index contributed by atoms with van der Waals surface area (Å²) in [5.74, 6) is 0.524. The Labute approximate surface area is 120 Å². The monoisotopic (exact) mass is 264 g/mol. The first-order chi connectivity index (χ1) is 9.92. The molecule has 1 saturated carbocycles. The third-order valence-corrected chi connectivity index (χ3v) is 3.70. The summed E-state index contributed by atoms with van der Waals surface area (Å²) in [6.07, 6.45) is 6.74. The van der Waals surface area contributed by atoms with Crippen molar-refractivity contribution in [1.82, 2.24) is 0 Å². The Morgan fingerprint density at radius 3 is 2.30 bits per heavy atom. The van der Waals surface area contributed by atoms with E-state index < -0.39 is 0 Å². The molecule has 2 nitrogen and oxygen atoms in total. The van der Waals surface area contributed by atoms with E-state index in [1.165, 1.54) is 30.4 Å². The number of nitrogens with zero attached hydrogens (tertiary/aromatic N) is 1. The van der Waals surface area contributed by atoms with Crippen molar-refractivity contribution in [3.05, 3.63) is 60.2 Å². The first kappa shape index (κ1) is 12.9. The molecule has 1 aliphatic carbocycles. The maximum Gasteiger partial charge on any atom is 0.142 e. The van der Waals surface area contributed by atoms with Gasteiger partial charge >= 0.3 is 0 Å². The number of benzene rings is 2. The fraction of sp³-hybridized carbons (Fsp3) is 0.278. The van der Waals surface area contributed by atoms with Crippen LogP contribution in [0.1, 0.15) is 24.8 Å². The van der Waals surface area contributed by atoms with Gasteiger partial charge in [0.15, 0.2) is 0 Å². The SMILES string of the molecule is [C](=N/OCc1ccc(-c2ccccc2)cc1)/C1CCC1. The van der Waals surface area contributed by atoms with Crippen LogP contribution < -0.4 is 0 Å². The van der Waals surface area contributed by atoms with Crippen LogP contribution in [0, 0.1) is 5.92 Å². The highest BCUT2D eigenvalue weighted by Gasteiger charge is 2.15. The topological polar surface area (TPSA) is 21.6 Å². The van der Waals surface area contributed by atoms with E-state index in [9.17, 15) is 0 Å². The summed E-state index contributed by atoms with van der Waals surface area (Å²) in [5.41, 5.74) is 3.58. The third kappa shape index (κ3) is 3.27. The maximum atomic E-state index is 5.29. The zero-order chi connectivity index (χ0) is 13.6. The molecule has 2 heteroatoms. The molecule has 3 rings (SSSR count). The molecular formula is C18H18NO. The van der Waals surface area contributed by atoms with Gasteiger partial charge < -0.3 is 4.84 Å². The van der Waals surface area contributed by atoms with Gasteiger partial charge in [-0.05, 0) is 29.5 Å².